The summed E-state index contributed by atoms with van der Waals surface area (Å²) in [5, 5.41) is 70.1. The molecule has 0 aromatic heterocycles. The first-order chi connectivity index (χ1) is 19.2. The summed E-state index contributed by atoms with van der Waals surface area (Å²) < 4.78 is 21.7. The van der Waals surface area contributed by atoms with Gasteiger partial charge in [0, 0.05) is 6.42 Å². The van der Waals surface area contributed by atoms with Gasteiger partial charge in [-0.1, -0.05) is 84.0 Å². The fraction of sp³-hybridized carbons (Fsp3) is 0.964. The molecule has 12 heteroatoms. The van der Waals surface area contributed by atoms with E-state index in [1.54, 1.807) is 0 Å². The molecule has 10 unspecified atom stereocenters. The summed E-state index contributed by atoms with van der Waals surface area (Å²) in [7, 11) is 0. The monoisotopic (exact) mass is 580 g/mol. The Balaban J connectivity index is 1.76. The molecule has 2 fully saturated rings. The molecular formula is C28H52O12. The molecule has 7 N–H and O–H groups in total. The molecule has 0 aromatic carbocycles. The van der Waals surface area contributed by atoms with Crippen molar-refractivity contribution in [3.8, 4) is 0 Å². The van der Waals surface area contributed by atoms with Gasteiger partial charge in [-0.2, -0.15) is 0 Å². The third-order valence-electron chi connectivity index (χ3n) is 7.69. The number of ether oxygens (including phenoxy) is 4. The smallest absolute Gasteiger partial charge is 0.306 e. The second kappa shape index (κ2) is 19.3. The zero-order valence-corrected chi connectivity index (χ0v) is 23.8. The molecule has 0 amide bonds. The van der Waals surface area contributed by atoms with Crippen molar-refractivity contribution >= 4 is 5.97 Å². The van der Waals surface area contributed by atoms with E-state index in [0.717, 1.165) is 19.3 Å². The average Bonchev–Trinajstić information content (AvgIpc) is 2.95. The number of hydrogen-bond acceptors (Lipinski definition) is 12. The van der Waals surface area contributed by atoms with E-state index in [-0.39, 0.29) is 6.42 Å². The minimum atomic E-state index is -1.76. The highest BCUT2D eigenvalue weighted by Gasteiger charge is 2.51. The Bertz CT molecular complexity index is 680. The van der Waals surface area contributed by atoms with Crippen molar-refractivity contribution in [1.82, 2.24) is 0 Å². The van der Waals surface area contributed by atoms with Crippen LogP contribution in [-0.2, 0) is 23.7 Å². The molecule has 12 nitrogen and oxygen atoms in total. The van der Waals surface area contributed by atoms with Gasteiger partial charge in [-0.15, -0.1) is 0 Å². The van der Waals surface area contributed by atoms with Gasteiger partial charge in [0.25, 0.3) is 0 Å². The van der Waals surface area contributed by atoms with Crippen molar-refractivity contribution in [3.63, 3.8) is 0 Å². The molecule has 0 saturated carbocycles. The normalized spacial score (nSPS) is 34.6. The summed E-state index contributed by atoms with van der Waals surface area (Å²) in [5.41, 5.74) is 0. The molecule has 10 atom stereocenters. The van der Waals surface area contributed by atoms with E-state index < -0.39 is 80.6 Å². The minimum Gasteiger partial charge on any atom is -0.454 e. The van der Waals surface area contributed by atoms with Gasteiger partial charge in [0.05, 0.1) is 13.2 Å². The lowest BCUT2D eigenvalue weighted by molar-refractivity contribution is -0.376. The molecule has 40 heavy (non-hydrogen) atoms. The van der Waals surface area contributed by atoms with Crippen LogP contribution in [0.2, 0.25) is 0 Å². The van der Waals surface area contributed by atoms with Crippen LogP contribution in [0, 0.1) is 0 Å². The average molecular weight is 581 g/mol. The maximum absolute atomic E-state index is 12.5. The van der Waals surface area contributed by atoms with E-state index in [4.69, 9.17) is 18.9 Å². The van der Waals surface area contributed by atoms with E-state index >= 15 is 0 Å². The Morgan fingerprint density at radius 1 is 0.600 bits per heavy atom. The van der Waals surface area contributed by atoms with Crippen molar-refractivity contribution in [1.29, 1.82) is 0 Å². The quantitative estimate of drug-likeness (QED) is 0.0833. The summed E-state index contributed by atoms with van der Waals surface area (Å²) in [6.07, 6.45) is -0.546. The van der Waals surface area contributed by atoms with Crippen molar-refractivity contribution in [2.24, 2.45) is 0 Å². The van der Waals surface area contributed by atoms with Gasteiger partial charge < -0.3 is 54.7 Å². The van der Waals surface area contributed by atoms with Crippen LogP contribution >= 0.6 is 0 Å². The van der Waals surface area contributed by atoms with E-state index in [1.165, 1.54) is 57.8 Å². The van der Waals surface area contributed by atoms with Gasteiger partial charge in [0.1, 0.15) is 42.7 Å². The molecule has 0 aromatic rings. The van der Waals surface area contributed by atoms with Crippen molar-refractivity contribution in [2.75, 3.05) is 13.2 Å². The van der Waals surface area contributed by atoms with E-state index in [9.17, 15) is 40.5 Å². The van der Waals surface area contributed by atoms with Crippen LogP contribution < -0.4 is 0 Å². The Hall–Kier alpha value is -0.930. The van der Waals surface area contributed by atoms with Crippen molar-refractivity contribution in [3.05, 3.63) is 0 Å². The second-order valence-corrected chi connectivity index (χ2v) is 11.0. The number of rotatable bonds is 19. The number of aliphatic hydroxyl groups is 7. The fourth-order valence-corrected chi connectivity index (χ4v) is 5.10. The molecule has 0 aliphatic carbocycles. The largest absolute Gasteiger partial charge is 0.454 e. The number of esters is 1. The Morgan fingerprint density at radius 2 is 1.05 bits per heavy atom. The highest BCUT2D eigenvalue weighted by molar-refractivity contribution is 5.69. The summed E-state index contributed by atoms with van der Waals surface area (Å²) in [4.78, 5) is 12.5. The number of carbonyl (C=O) groups excluding carboxylic acids is 1. The minimum absolute atomic E-state index is 0.0767. The molecule has 0 bridgehead atoms. The van der Waals surface area contributed by atoms with Gasteiger partial charge in [0.2, 0.25) is 6.29 Å². The predicted octanol–water partition coefficient (Wildman–Crippen LogP) is 0.635. The number of unbranched alkanes of at least 4 members (excludes halogenated alkanes) is 12. The van der Waals surface area contributed by atoms with Crippen LogP contribution in [0.15, 0.2) is 0 Å². The zero-order valence-electron chi connectivity index (χ0n) is 23.8. The molecule has 0 spiro atoms. The predicted molar refractivity (Wildman–Crippen MR) is 143 cm³/mol. The van der Waals surface area contributed by atoms with Gasteiger partial charge in [0.15, 0.2) is 12.4 Å². The Kier molecular flexibility index (Phi) is 17.0. The van der Waals surface area contributed by atoms with E-state index in [0.29, 0.717) is 6.42 Å². The van der Waals surface area contributed by atoms with Crippen LogP contribution in [0.25, 0.3) is 0 Å². The van der Waals surface area contributed by atoms with Gasteiger partial charge in [-0.05, 0) is 6.42 Å². The van der Waals surface area contributed by atoms with Crippen molar-refractivity contribution < 1.29 is 59.5 Å². The first-order valence-corrected chi connectivity index (χ1v) is 15.0. The standard InChI is InChI=1S/C28H52O12/c1-2-3-4-5-6-7-8-9-10-11-12-13-14-15-20(31)39-26-24(35)22(33)19(17-30)38-28(26)40-27-25(36)23(34)21(32)18(16-29)37-27/h18-19,21-30,32-36H,2-17H2,1H3. The SMILES string of the molecule is CCCCCCCCCCCCCCCC(=O)OC1C(OC2OC(CO)C(O)C(O)C2O)OC(CO)C(O)C1O. The lowest BCUT2D eigenvalue weighted by Crippen LogP contribution is -2.64. The highest BCUT2D eigenvalue weighted by Crippen LogP contribution is 2.30. The highest BCUT2D eigenvalue weighted by atomic mass is 16.8. The summed E-state index contributed by atoms with van der Waals surface area (Å²) in [6.45, 7) is 0.848. The summed E-state index contributed by atoms with van der Waals surface area (Å²) >= 11 is 0. The number of carbonyl (C=O) groups is 1. The van der Waals surface area contributed by atoms with Crippen LogP contribution in [0.4, 0.5) is 0 Å². The topological polar surface area (TPSA) is 196 Å². The molecular weight excluding hydrogens is 528 g/mol. The zero-order chi connectivity index (χ0) is 29.5. The van der Waals surface area contributed by atoms with Crippen LogP contribution in [0.3, 0.4) is 0 Å². The van der Waals surface area contributed by atoms with Gasteiger partial charge in [-0.25, -0.2) is 0 Å². The molecule has 2 saturated heterocycles. The maximum Gasteiger partial charge on any atom is 0.306 e. The third kappa shape index (κ3) is 11.0. The Morgan fingerprint density at radius 3 is 1.55 bits per heavy atom. The second-order valence-electron chi connectivity index (χ2n) is 11.0. The summed E-state index contributed by atoms with van der Waals surface area (Å²) in [6, 6.07) is 0. The van der Waals surface area contributed by atoms with Crippen LogP contribution in [0.1, 0.15) is 96.8 Å². The number of aliphatic hydroxyl groups excluding tert-OH is 7. The van der Waals surface area contributed by atoms with Crippen molar-refractivity contribution in [2.45, 2.75) is 158 Å². The van der Waals surface area contributed by atoms with Crippen LogP contribution in [0.5, 0.6) is 0 Å². The van der Waals surface area contributed by atoms with Gasteiger partial charge >= 0.3 is 5.97 Å². The molecule has 2 aliphatic heterocycles. The summed E-state index contributed by atoms with van der Waals surface area (Å²) in [5.74, 6) is -0.646. The first kappa shape index (κ1) is 35.3. The lowest BCUT2D eigenvalue weighted by atomic mass is 9.98. The van der Waals surface area contributed by atoms with Crippen LogP contribution in [-0.4, -0.2) is 116 Å². The third-order valence-corrected chi connectivity index (χ3v) is 7.69. The molecule has 2 heterocycles. The molecule has 236 valence electrons. The molecule has 2 rings (SSSR count). The Labute approximate surface area is 237 Å². The molecule has 0 radical (unpaired) electrons. The van der Waals surface area contributed by atoms with Gasteiger partial charge in [-0.3, -0.25) is 4.79 Å². The first-order valence-electron chi connectivity index (χ1n) is 15.0. The molecule has 2 aliphatic rings. The van der Waals surface area contributed by atoms with E-state index in [1.807, 2.05) is 0 Å². The maximum atomic E-state index is 12.5. The number of hydrogen-bond donors (Lipinski definition) is 7. The fourth-order valence-electron chi connectivity index (χ4n) is 5.10. The van der Waals surface area contributed by atoms with E-state index in [2.05, 4.69) is 6.92 Å². The lowest BCUT2D eigenvalue weighted by Gasteiger charge is -2.45.